The second kappa shape index (κ2) is 4.30. The largest absolute Gasteiger partial charge is 0.492 e. The molecule has 0 amide bonds. The molecule has 2 N–H and O–H groups in total. The Bertz CT molecular complexity index is 725. The van der Waals surface area contributed by atoms with Crippen LogP contribution in [0.25, 0.3) is 11.6 Å². The van der Waals surface area contributed by atoms with E-state index in [1.807, 2.05) is 18.2 Å². The van der Waals surface area contributed by atoms with Crippen molar-refractivity contribution in [3.63, 3.8) is 0 Å². The van der Waals surface area contributed by atoms with Gasteiger partial charge in [-0.25, -0.2) is 9.98 Å². The van der Waals surface area contributed by atoms with Gasteiger partial charge in [0.15, 0.2) is 5.82 Å². The van der Waals surface area contributed by atoms with Gasteiger partial charge >= 0.3 is 0 Å². The Labute approximate surface area is 116 Å². The minimum Gasteiger partial charge on any atom is -0.492 e. The number of aromatic amines is 1. The van der Waals surface area contributed by atoms with Crippen molar-refractivity contribution < 1.29 is 5.11 Å². The number of allylic oxidation sites excluding steroid dienone is 1. The van der Waals surface area contributed by atoms with Gasteiger partial charge in [-0.05, 0) is 37.0 Å². The predicted octanol–water partition coefficient (Wildman–Crippen LogP) is 2.72. The number of nitrogens with one attached hydrogen (secondary N) is 1. The van der Waals surface area contributed by atoms with Crippen molar-refractivity contribution in [2.24, 2.45) is 10.9 Å². The lowest BCUT2D eigenvalue weighted by atomic mass is 10.1. The first-order valence-corrected chi connectivity index (χ1v) is 6.78. The maximum absolute atomic E-state index is 9.93. The van der Waals surface area contributed by atoms with E-state index >= 15 is 0 Å². The van der Waals surface area contributed by atoms with E-state index in [1.54, 1.807) is 12.4 Å². The summed E-state index contributed by atoms with van der Waals surface area (Å²) in [5.41, 5.74) is 2.55. The van der Waals surface area contributed by atoms with Gasteiger partial charge in [0, 0.05) is 30.0 Å². The van der Waals surface area contributed by atoms with Gasteiger partial charge in [0.1, 0.15) is 11.5 Å². The Balaban J connectivity index is 1.67. The molecular weight excluding hydrogens is 252 g/mol. The smallest absolute Gasteiger partial charge is 0.237 e. The lowest BCUT2D eigenvalue weighted by Crippen LogP contribution is -1.89. The first-order chi connectivity index (χ1) is 9.79. The minimum absolute atomic E-state index is 0.0545. The number of H-pyrrole nitrogens is 1. The molecule has 1 saturated carbocycles. The zero-order valence-electron chi connectivity index (χ0n) is 10.9. The Morgan fingerprint density at radius 1 is 1.40 bits per heavy atom. The molecule has 0 bridgehead atoms. The number of aromatic nitrogens is 3. The first-order valence-electron chi connectivity index (χ1n) is 6.78. The summed E-state index contributed by atoms with van der Waals surface area (Å²) in [6.45, 7) is 0. The topological polar surface area (TPSA) is 74.2 Å². The molecule has 0 radical (unpaired) electrons. The number of hydrogen-bond donors (Lipinski definition) is 2. The number of aliphatic imine (C=N–C) groups is 1. The highest BCUT2D eigenvalue weighted by Crippen LogP contribution is 2.34. The van der Waals surface area contributed by atoms with Crippen molar-refractivity contribution >= 4 is 23.7 Å². The van der Waals surface area contributed by atoms with Crippen LogP contribution in [0.2, 0.25) is 0 Å². The lowest BCUT2D eigenvalue weighted by molar-refractivity contribution is 0.454. The van der Waals surface area contributed by atoms with E-state index in [4.69, 9.17) is 0 Å². The summed E-state index contributed by atoms with van der Waals surface area (Å²) in [6.07, 6.45) is 8.81. The molecule has 0 atom stereocenters. The fourth-order valence-corrected chi connectivity index (χ4v) is 2.42. The van der Waals surface area contributed by atoms with Gasteiger partial charge in [-0.1, -0.05) is 0 Å². The standard InChI is InChI=1S/C15H14N4O/c20-15-12(18-13(19-15)6-9-3-4-9)7-10-8-17-14-11(10)2-1-5-16-14/h1-2,5,7-9,20H,3-4,6H2,(H,18,19). The Kier molecular flexibility index (Phi) is 2.45. The maximum atomic E-state index is 9.93. The fourth-order valence-electron chi connectivity index (χ4n) is 2.42. The number of imidazole rings is 1. The zero-order chi connectivity index (χ0) is 13.5. The average molecular weight is 266 g/mol. The van der Waals surface area contributed by atoms with Crippen LogP contribution < -0.4 is 0 Å². The molecule has 4 rings (SSSR count). The van der Waals surface area contributed by atoms with E-state index in [1.165, 1.54) is 12.8 Å². The molecule has 0 saturated heterocycles. The number of hydrogen-bond acceptors (Lipinski definition) is 4. The van der Waals surface area contributed by atoms with Gasteiger partial charge in [0.25, 0.3) is 0 Å². The molecule has 2 aliphatic rings. The molecule has 2 aromatic heterocycles. The highest BCUT2D eigenvalue weighted by atomic mass is 16.3. The number of fused-ring (bicyclic) bond motifs is 1. The normalized spacial score (nSPS) is 18.7. The molecule has 1 aliphatic carbocycles. The maximum Gasteiger partial charge on any atom is 0.237 e. The molecule has 5 heteroatoms. The minimum atomic E-state index is 0.0545. The first kappa shape index (κ1) is 11.4. The van der Waals surface area contributed by atoms with Crippen LogP contribution in [-0.2, 0) is 6.42 Å². The lowest BCUT2D eigenvalue weighted by Gasteiger charge is -1.97. The van der Waals surface area contributed by atoms with Crippen LogP contribution in [0.3, 0.4) is 0 Å². The van der Waals surface area contributed by atoms with Crippen molar-refractivity contribution in [1.29, 1.82) is 0 Å². The summed E-state index contributed by atoms with van der Waals surface area (Å²) in [5, 5.41) is 9.93. The average Bonchev–Trinajstić information content (AvgIpc) is 3.07. The monoisotopic (exact) mass is 266 g/mol. The molecule has 2 aromatic rings. The van der Waals surface area contributed by atoms with Gasteiger partial charge in [-0.15, -0.1) is 0 Å². The van der Waals surface area contributed by atoms with Gasteiger partial charge in [-0.3, -0.25) is 0 Å². The van der Waals surface area contributed by atoms with E-state index in [2.05, 4.69) is 19.9 Å². The Morgan fingerprint density at radius 2 is 2.30 bits per heavy atom. The van der Waals surface area contributed by atoms with Crippen molar-refractivity contribution in [1.82, 2.24) is 15.0 Å². The van der Waals surface area contributed by atoms with E-state index in [-0.39, 0.29) is 5.88 Å². The zero-order valence-corrected chi connectivity index (χ0v) is 10.9. The predicted molar refractivity (Wildman–Crippen MR) is 76.9 cm³/mol. The van der Waals surface area contributed by atoms with Crippen molar-refractivity contribution in [3.8, 4) is 5.88 Å². The second-order valence-corrected chi connectivity index (χ2v) is 5.30. The number of aromatic hydroxyl groups is 1. The van der Waals surface area contributed by atoms with E-state index in [9.17, 15) is 5.11 Å². The molecule has 20 heavy (non-hydrogen) atoms. The summed E-state index contributed by atoms with van der Waals surface area (Å²) in [5.74, 6) is 2.37. The van der Waals surface area contributed by atoms with E-state index < -0.39 is 0 Å². The molecule has 1 aliphatic heterocycles. The highest BCUT2D eigenvalue weighted by Gasteiger charge is 2.23. The van der Waals surface area contributed by atoms with Crippen LogP contribution >= 0.6 is 0 Å². The number of pyridine rings is 1. The van der Waals surface area contributed by atoms with Crippen molar-refractivity contribution in [2.75, 3.05) is 0 Å². The summed E-state index contributed by atoms with van der Waals surface area (Å²) in [7, 11) is 0. The Morgan fingerprint density at radius 3 is 3.15 bits per heavy atom. The highest BCUT2D eigenvalue weighted by molar-refractivity contribution is 6.20. The van der Waals surface area contributed by atoms with Crippen LogP contribution in [0, 0.1) is 5.92 Å². The van der Waals surface area contributed by atoms with Gasteiger partial charge in [-0.2, -0.15) is 4.98 Å². The van der Waals surface area contributed by atoms with E-state index in [0.29, 0.717) is 5.69 Å². The summed E-state index contributed by atoms with van der Waals surface area (Å²) < 4.78 is 0. The van der Waals surface area contributed by atoms with Crippen LogP contribution in [-0.4, -0.2) is 26.3 Å². The van der Waals surface area contributed by atoms with Gasteiger partial charge in [0.05, 0.1) is 0 Å². The molecule has 1 fully saturated rings. The summed E-state index contributed by atoms with van der Waals surface area (Å²) >= 11 is 0. The van der Waals surface area contributed by atoms with Crippen LogP contribution in [0.1, 0.15) is 29.9 Å². The summed E-state index contributed by atoms with van der Waals surface area (Å²) in [4.78, 5) is 15.8. The number of rotatable bonds is 3. The summed E-state index contributed by atoms with van der Waals surface area (Å²) in [6, 6.07) is 3.85. The Hall–Kier alpha value is -2.43. The van der Waals surface area contributed by atoms with Crippen LogP contribution in [0.5, 0.6) is 5.88 Å². The third-order valence-corrected chi connectivity index (χ3v) is 3.66. The molecule has 0 aromatic carbocycles. The molecule has 5 nitrogen and oxygen atoms in total. The second-order valence-electron chi connectivity index (χ2n) is 5.30. The van der Waals surface area contributed by atoms with Gasteiger partial charge in [0.2, 0.25) is 5.88 Å². The third kappa shape index (κ3) is 2.01. The SMILES string of the molecule is Oc1nc(CC2CC2)[nH]c1C=C1C=Nc2ncccc21. The van der Waals surface area contributed by atoms with Gasteiger partial charge < -0.3 is 10.1 Å². The molecule has 0 unspecified atom stereocenters. The van der Waals surface area contributed by atoms with Crippen molar-refractivity contribution in [2.45, 2.75) is 19.3 Å². The quantitative estimate of drug-likeness (QED) is 0.897. The van der Waals surface area contributed by atoms with Crippen LogP contribution in [0.4, 0.5) is 5.82 Å². The number of nitrogens with zero attached hydrogens (tertiary/aromatic N) is 3. The van der Waals surface area contributed by atoms with Crippen molar-refractivity contribution in [3.05, 3.63) is 35.4 Å². The molecule has 0 spiro atoms. The molecule has 100 valence electrons. The fraction of sp³-hybridized carbons (Fsp3) is 0.267. The molecule has 3 heterocycles. The third-order valence-electron chi connectivity index (χ3n) is 3.66. The van der Waals surface area contributed by atoms with E-state index in [0.717, 1.165) is 35.1 Å². The molecular formula is C15H14N4O. The van der Waals surface area contributed by atoms with Crippen LogP contribution in [0.15, 0.2) is 23.3 Å².